The Kier molecular flexibility index (Phi) is 6.37. The summed E-state index contributed by atoms with van der Waals surface area (Å²) in [6.07, 6.45) is 1.34. The molecule has 3 nitrogen and oxygen atoms in total. The zero-order valence-electron chi connectivity index (χ0n) is 13.7. The van der Waals surface area contributed by atoms with E-state index in [1.54, 1.807) is 12.1 Å². The van der Waals surface area contributed by atoms with Crippen molar-refractivity contribution in [1.82, 2.24) is 0 Å². The molecule has 124 valence electrons. The lowest BCUT2D eigenvalue weighted by molar-refractivity contribution is 0.0492. The first-order chi connectivity index (χ1) is 11.0. The van der Waals surface area contributed by atoms with Crippen LogP contribution in [0.25, 0.3) is 0 Å². The van der Waals surface area contributed by atoms with Gasteiger partial charge in [-0.15, -0.1) is 0 Å². The number of aryl methyl sites for hydroxylation is 1. The summed E-state index contributed by atoms with van der Waals surface area (Å²) < 4.78 is 31.0. The summed E-state index contributed by atoms with van der Waals surface area (Å²) >= 11 is 0. The number of sulfone groups is 1. The first-order valence-corrected chi connectivity index (χ1v) is 9.61. The second-order valence-corrected chi connectivity index (χ2v) is 7.84. The van der Waals surface area contributed by atoms with Crippen LogP contribution >= 0.6 is 0 Å². The molecule has 4 heteroatoms. The van der Waals surface area contributed by atoms with Gasteiger partial charge in [-0.25, -0.2) is 8.42 Å². The number of rotatable bonds is 8. The van der Waals surface area contributed by atoms with Crippen LogP contribution in [-0.4, -0.2) is 20.3 Å². The second-order valence-electron chi connectivity index (χ2n) is 5.80. The van der Waals surface area contributed by atoms with Crippen LogP contribution in [0.4, 0.5) is 0 Å². The van der Waals surface area contributed by atoms with Gasteiger partial charge in [0.25, 0.3) is 0 Å². The van der Waals surface area contributed by atoms with Gasteiger partial charge in [0.1, 0.15) is 0 Å². The van der Waals surface area contributed by atoms with Gasteiger partial charge in [-0.2, -0.15) is 0 Å². The third kappa shape index (κ3) is 5.48. The Bertz CT molecular complexity index is 691. The fraction of sp³-hybridized carbons (Fsp3) is 0.368. The van der Waals surface area contributed by atoms with Crippen LogP contribution in [0.5, 0.6) is 0 Å². The van der Waals surface area contributed by atoms with Crippen molar-refractivity contribution in [1.29, 1.82) is 0 Å². The van der Waals surface area contributed by atoms with Gasteiger partial charge in [-0.3, -0.25) is 0 Å². The highest BCUT2D eigenvalue weighted by molar-refractivity contribution is 7.91. The molecule has 0 aliphatic heterocycles. The van der Waals surface area contributed by atoms with Gasteiger partial charge in [-0.1, -0.05) is 61.4 Å². The van der Waals surface area contributed by atoms with Crippen molar-refractivity contribution in [2.45, 2.75) is 44.3 Å². The van der Waals surface area contributed by atoms with E-state index in [9.17, 15) is 8.42 Å². The topological polar surface area (TPSA) is 43.4 Å². The van der Waals surface area contributed by atoms with Crippen LogP contribution in [0.1, 0.15) is 30.9 Å². The minimum Gasteiger partial charge on any atom is -0.372 e. The highest BCUT2D eigenvalue weighted by Gasteiger charge is 2.21. The van der Waals surface area contributed by atoms with Crippen molar-refractivity contribution in [3.63, 3.8) is 0 Å². The molecular formula is C19H24O3S. The number of hydrogen-bond acceptors (Lipinski definition) is 3. The van der Waals surface area contributed by atoms with Gasteiger partial charge in [0, 0.05) is 0 Å². The Balaban J connectivity index is 2.04. The molecule has 0 N–H and O–H groups in total. The highest BCUT2D eigenvalue weighted by Crippen LogP contribution is 2.17. The molecule has 0 aliphatic carbocycles. The Labute approximate surface area is 139 Å². The summed E-state index contributed by atoms with van der Waals surface area (Å²) in [5.41, 5.74) is 2.11. The van der Waals surface area contributed by atoms with E-state index in [0.29, 0.717) is 11.5 Å². The van der Waals surface area contributed by atoms with E-state index < -0.39 is 9.84 Å². The largest absolute Gasteiger partial charge is 0.372 e. The van der Waals surface area contributed by atoms with E-state index in [1.165, 1.54) is 0 Å². The van der Waals surface area contributed by atoms with Crippen LogP contribution < -0.4 is 0 Å². The van der Waals surface area contributed by atoms with Crippen molar-refractivity contribution in [3.05, 3.63) is 65.7 Å². The van der Waals surface area contributed by atoms with E-state index in [1.807, 2.05) is 56.3 Å². The summed E-state index contributed by atoms with van der Waals surface area (Å²) in [7, 11) is -3.33. The van der Waals surface area contributed by atoms with Crippen molar-refractivity contribution in [2.75, 3.05) is 5.75 Å². The molecule has 0 saturated carbocycles. The molecule has 0 aliphatic rings. The van der Waals surface area contributed by atoms with E-state index in [4.69, 9.17) is 4.74 Å². The maximum absolute atomic E-state index is 12.6. The van der Waals surface area contributed by atoms with Gasteiger partial charge < -0.3 is 4.74 Å². The standard InChI is InChI=1S/C19H24O3S/c1-3-7-18(22-14-17-8-5-4-6-9-17)15-23(20,21)19-12-10-16(2)11-13-19/h4-6,8-13,18H,3,7,14-15H2,1-2H3/t18-/m1/s1. The van der Waals surface area contributed by atoms with Crippen molar-refractivity contribution < 1.29 is 13.2 Å². The third-order valence-electron chi connectivity index (χ3n) is 3.72. The first-order valence-electron chi connectivity index (χ1n) is 7.96. The summed E-state index contributed by atoms with van der Waals surface area (Å²) in [6, 6.07) is 16.8. The SMILES string of the molecule is CCC[C@H](CS(=O)(=O)c1ccc(C)cc1)OCc1ccccc1. The molecule has 0 saturated heterocycles. The van der Waals surface area contributed by atoms with Crippen LogP contribution in [-0.2, 0) is 21.2 Å². The maximum Gasteiger partial charge on any atom is 0.180 e. The van der Waals surface area contributed by atoms with Gasteiger partial charge >= 0.3 is 0 Å². The molecule has 0 fully saturated rings. The number of benzene rings is 2. The van der Waals surface area contributed by atoms with Gasteiger partial charge in [0.05, 0.1) is 23.4 Å². The molecule has 0 radical (unpaired) electrons. The molecule has 2 rings (SSSR count). The van der Waals surface area contributed by atoms with Crippen LogP contribution in [0.3, 0.4) is 0 Å². The summed E-state index contributed by atoms with van der Waals surface area (Å²) in [5.74, 6) is 0.0245. The fourth-order valence-electron chi connectivity index (χ4n) is 2.41. The quantitative estimate of drug-likeness (QED) is 0.729. The monoisotopic (exact) mass is 332 g/mol. The molecule has 0 unspecified atom stereocenters. The lowest BCUT2D eigenvalue weighted by Crippen LogP contribution is -2.24. The van der Waals surface area contributed by atoms with Gasteiger partial charge in [-0.05, 0) is 31.0 Å². The minimum atomic E-state index is -3.33. The normalized spacial score (nSPS) is 13.0. The van der Waals surface area contributed by atoms with Gasteiger partial charge in [0.15, 0.2) is 9.84 Å². The third-order valence-corrected chi connectivity index (χ3v) is 5.53. The lowest BCUT2D eigenvalue weighted by atomic mass is 10.2. The average molecular weight is 332 g/mol. The summed E-state index contributed by atoms with van der Waals surface area (Å²) in [5, 5.41) is 0. The van der Waals surface area contributed by atoms with Crippen LogP contribution in [0, 0.1) is 6.92 Å². The zero-order valence-corrected chi connectivity index (χ0v) is 14.6. The molecular weight excluding hydrogens is 308 g/mol. The van der Waals surface area contributed by atoms with Crippen LogP contribution in [0.15, 0.2) is 59.5 Å². The summed E-state index contributed by atoms with van der Waals surface area (Å²) in [4.78, 5) is 0.368. The average Bonchev–Trinajstić information content (AvgIpc) is 2.54. The lowest BCUT2D eigenvalue weighted by Gasteiger charge is -2.17. The Hall–Kier alpha value is -1.65. The predicted molar refractivity (Wildman–Crippen MR) is 93.2 cm³/mol. The maximum atomic E-state index is 12.6. The van der Waals surface area contributed by atoms with Crippen molar-refractivity contribution in [3.8, 4) is 0 Å². The minimum absolute atomic E-state index is 0.0245. The molecule has 0 aromatic heterocycles. The van der Waals surface area contributed by atoms with E-state index >= 15 is 0 Å². The van der Waals surface area contributed by atoms with Crippen molar-refractivity contribution in [2.24, 2.45) is 0 Å². The molecule has 1 atom stereocenters. The van der Waals surface area contributed by atoms with Crippen LogP contribution in [0.2, 0.25) is 0 Å². The van der Waals surface area contributed by atoms with Crippen molar-refractivity contribution >= 4 is 9.84 Å². The Morgan fingerprint density at radius 1 is 1.00 bits per heavy atom. The molecule has 0 amide bonds. The molecule has 0 bridgehead atoms. The molecule has 0 spiro atoms. The number of ether oxygens (including phenoxy) is 1. The molecule has 2 aromatic carbocycles. The fourth-order valence-corrected chi connectivity index (χ4v) is 3.91. The predicted octanol–water partition coefficient (Wildman–Crippen LogP) is 4.15. The van der Waals surface area contributed by atoms with E-state index in [2.05, 4.69) is 0 Å². The molecule has 23 heavy (non-hydrogen) atoms. The zero-order chi connectivity index (χ0) is 16.7. The first kappa shape index (κ1) is 17.7. The van der Waals surface area contributed by atoms with Gasteiger partial charge in [0.2, 0.25) is 0 Å². The Morgan fingerprint density at radius 2 is 1.65 bits per heavy atom. The number of hydrogen-bond donors (Lipinski definition) is 0. The molecule has 2 aromatic rings. The smallest absolute Gasteiger partial charge is 0.180 e. The second kappa shape index (κ2) is 8.27. The Morgan fingerprint density at radius 3 is 2.26 bits per heavy atom. The molecule has 0 heterocycles. The van der Waals surface area contributed by atoms with E-state index in [0.717, 1.165) is 24.0 Å². The summed E-state index contributed by atoms with van der Waals surface area (Å²) in [6.45, 7) is 4.42. The van der Waals surface area contributed by atoms with E-state index in [-0.39, 0.29) is 11.9 Å². The highest BCUT2D eigenvalue weighted by atomic mass is 32.2.